The van der Waals surface area contributed by atoms with Gasteiger partial charge in [0, 0.05) is 10.8 Å². The lowest BCUT2D eigenvalue weighted by Crippen LogP contribution is -1.99. The number of para-hydroxylation sites is 2. The molecule has 1 aromatic heterocycles. The van der Waals surface area contributed by atoms with Gasteiger partial charge in [0.05, 0.1) is 22.3 Å². The average molecular weight is 286 g/mol. The molecule has 0 saturated carbocycles. The van der Waals surface area contributed by atoms with Crippen LogP contribution in [0.1, 0.15) is 5.56 Å². The van der Waals surface area contributed by atoms with E-state index in [1.54, 1.807) is 12.1 Å². The first kappa shape index (κ1) is 12.6. The molecule has 104 valence electrons. The topological polar surface area (TPSA) is 28.7 Å². The molecule has 0 amide bonds. The molecule has 3 heteroatoms. The maximum Gasteiger partial charge on any atom is 0.164 e. The quantitative estimate of drug-likeness (QED) is 0.494. The van der Waals surface area contributed by atoms with E-state index in [1.165, 1.54) is 6.07 Å². The van der Waals surface area contributed by atoms with Crippen molar-refractivity contribution in [1.29, 1.82) is 5.26 Å². The van der Waals surface area contributed by atoms with Crippen LogP contribution in [0.25, 0.3) is 27.5 Å². The van der Waals surface area contributed by atoms with Gasteiger partial charge in [0.1, 0.15) is 6.07 Å². The number of nitriles is 1. The summed E-state index contributed by atoms with van der Waals surface area (Å²) in [6.45, 7) is 0. The van der Waals surface area contributed by atoms with E-state index in [0.717, 1.165) is 21.8 Å². The van der Waals surface area contributed by atoms with Crippen LogP contribution < -0.4 is 0 Å². The Balaban J connectivity index is 2.21. The van der Waals surface area contributed by atoms with Crippen LogP contribution in [0, 0.1) is 17.1 Å². The van der Waals surface area contributed by atoms with Crippen molar-refractivity contribution in [2.45, 2.75) is 0 Å². The van der Waals surface area contributed by atoms with Gasteiger partial charge < -0.3 is 4.57 Å². The summed E-state index contributed by atoms with van der Waals surface area (Å²) in [5, 5.41) is 11.2. The van der Waals surface area contributed by atoms with Gasteiger partial charge in [-0.05, 0) is 24.3 Å². The van der Waals surface area contributed by atoms with E-state index in [2.05, 4.69) is 0 Å². The highest BCUT2D eigenvalue weighted by Crippen LogP contribution is 2.32. The first-order valence-corrected chi connectivity index (χ1v) is 6.98. The Kier molecular flexibility index (Phi) is 2.70. The second kappa shape index (κ2) is 4.71. The van der Waals surface area contributed by atoms with Gasteiger partial charge in [-0.25, -0.2) is 4.39 Å². The molecule has 0 atom stereocenters. The second-order valence-electron chi connectivity index (χ2n) is 5.12. The highest BCUT2D eigenvalue weighted by Gasteiger charge is 2.15. The Morgan fingerprint density at radius 2 is 1.36 bits per heavy atom. The summed E-state index contributed by atoms with van der Waals surface area (Å²) in [5.41, 5.74) is 2.31. The van der Waals surface area contributed by atoms with Crippen LogP contribution in [0.2, 0.25) is 0 Å². The number of benzene rings is 3. The van der Waals surface area contributed by atoms with E-state index in [0.29, 0.717) is 5.69 Å². The Morgan fingerprint density at radius 1 is 0.773 bits per heavy atom. The van der Waals surface area contributed by atoms with Crippen molar-refractivity contribution in [3.05, 3.63) is 78.1 Å². The van der Waals surface area contributed by atoms with Crippen molar-refractivity contribution in [3.63, 3.8) is 0 Å². The van der Waals surface area contributed by atoms with Crippen molar-refractivity contribution in [3.8, 4) is 11.8 Å². The van der Waals surface area contributed by atoms with Gasteiger partial charge in [-0.1, -0.05) is 42.5 Å². The SMILES string of the molecule is N#Cc1cccc(-n2c3ccccc3c3ccccc32)c1F. The summed E-state index contributed by atoms with van der Waals surface area (Å²) in [6, 6.07) is 22.6. The second-order valence-corrected chi connectivity index (χ2v) is 5.12. The fourth-order valence-corrected chi connectivity index (χ4v) is 2.96. The summed E-state index contributed by atoms with van der Waals surface area (Å²) >= 11 is 0. The molecule has 0 aliphatic heterocycles. The monoisotopic (exact) mass is 286 g/mol. The fourth-order valence-electron chi connectivity index (χ4n) is 2.96. The van der Waals surface area contributed by atoms with Crippen LogP contribution in [0.3, 0.4) is 0 Å². The number of fused-ring (bicyclic) bond motifs is 3. The number of aromatic nitrogens is 1. The minimum absolute atomic E-state index is 0.0550. The van der Waals surface area contributed by atoms with Crippen LogP contribution in [0.4, 0.5) is 4.39 Å². The van der Waals surface area contributed by atoms with Gasteiger partial charge in [-0.2, -0.15) is 5.26 Å². The normalized spacial score (nSPS) is 10.9. The molecule has 0 aliphatic rings. The van der Waals surface area contributed by atoms with Gasteiger partial charge in [-0.15, -0.1) is 0 Å². The molecule has 1 heterocycles. The molecule has 4 rings (SSSR count). The minimum Gasteiger partial charge on any atom is -0.306 e. The third-order valence-corrected chi connectivity index (χ3v) is 3.92. The van der Waals surface area contributed by atoms with E-state index >= 15 is 0 Å². The maximum absolute atomic E-state index is 14.6. The fraction of sp³-hybridized carbons (Fsp3) is 0. The third-order valence-electron chi connectivity index (χ3n) is 3.92. The first-order valence-electron chi connectivity index (χ1n) is 6.98. The summed E-state index contributed by atoms with van der Waals surface area (Å²) < 4.78 is 16.5. The smallest absolute Gasteiger partial charge is 0.164 e. The number of hydrogen-bond acceptors (Lipinski definition) is 1. The number of rotatable bonds is 1. The van der Waals surface area contributed by atoms with Crippen molar-refractivity contribution in [2.24, 2.45) is 0 Å². The number of halogens is 1. The van der Waals surface area contributed by atoms with E-state index < -0.39 is 5.82 Å². The molecule has 0 radical (unpaired) electrons. The lowest BCUT2D eigenvalue weighted by atomic mass is 10.2. The van der Waals surface area contributed by atoms with Gasteiger partial charge in [0.2, 0.25) is 0 Å². The predicted octanol–water partition coefficient (Wildman–Crippen LogP) is 4.79. The van der Waals surface area contributed by atoms with E-state index in [1.807, 2.05) is 59.2 Å². The van der Waals surface area contributed by atoms with Gasteiger partial charge in [-0.3, -0.25) is 0 Å². The highest BCUT2D eigenvalue weighted by molar-refractivity contribution is 6.09. The largest absolute Gasteiger partial charge is 0.306 e. The zero-order chi connectivity index (χ0) is 15.1. The molecule has 0 fully saturated rings. The summed E-state index contributed by atoms with van der Waals surface area (Å²) in [6.07, 6.45) is 0. The highest BCUT2D eigenvalue weighted by atomic mass is 19.1. The number of nitrogens with zero attached hydrogens (tertiary/aromatic N) is 2. The van der Waals surface area contributed by atoms with Crippen molar-refractivity contribution in [1.82, 2.24) is 4.57 Å². The Morgan fingerprint density at radius 3 is 1.95 bits per heavy atom. The maximum atomic E-state index is 14.6. The molecule has 0 bridgehead atoms. The summed E-state index contributed by atoms with van der Waals surface area (Å²) in [7, 11) is 0. The van der Waals surface area contributed by atoms with Crippen LogP contribution >= 0.6 is 0 Å². The van der Waals surface area contributed by atoms with Crippen molar-refractivity contribution in [2.75, 3.05) is 0 Å². The number of hydrogen-bond donors (Lipinski definition) is 0. The van der Waals surface area contributed by atoms with Crippen molar-refractivity contribution < 1.29 is 4.39 Å². The third kappa shape index (κ3) is 1.64. The zero-order valence-corrected chi connectivity index (χ0v) is 11.6. The Bertz CT molecular complexity index is 1000. The van der Waals surface area contributed by atoms with E-state index in [-0.39, 0.29) is 5.56 Å². The average Bonchev–Trinajstić information content (AvgIpc) is 2.90. The van der Waals surface area contributed by atoms with Gasteiger partial charge in [0.25, 0.3) is 0 Å². The molecule has 0 spiro atoms. The molecule has 2 nitrogen and oxygen atoms in total. The van der Waals surface area contributed by atoms with Gasteiger partial charge in [0.15, 0.2) is 5.82 Å². The molecular formula is C19H11FN2. The molecular weight excluding hydrogens is 275 g/mol. The van der Waals surface area contributed by atoms with Crippen LogP contribution in [0.5, 0.6) is 0 Å². The molecule has 0 aliphatic carbocycles. The standard InChI is InChI=1S/C19H11FN2/c20-19-13(12-21)6-5-11-18(19)22-16-9-3-1-7-14(16)15-8-2-4-10-17(15)22/h1-11H. The Labute approximate surface area is 126 Å². The molecule has 4 aromatic rings. The lowest BCUT2D eigenvalue weighted by molar-refractivity contribution is 0.617. The van der Waals surface area contributed by atoms with Crippen LogP contribution in [-0.4, -0.2) is 4.57 Å². The minimum atomic E-state index is -0.489. The molecule has 0 saturated heterocycles. The molecule has 0 N–H and O–H groups in total. The summed E-state index contributed by atoms with van der Waals surface area (Å²) in [5.74, 6) is -0.489. The van der Waals surface area contributed by atoms with E-state index in [4.69, 9.17) is 5.26 Å². The van der Waals surface area contributed by atoms with Gasteiger partial charge >= 0.3 is 0 Å². The van der Waals surface area contributed by atoms with Crippen LogP contribution in [-0.2, 0) is 0 Å². The van der Waals surface area contributed by atoms with Crippen molar-refractivity contribution >= 4 is 21.8 Å². The van der Waals surface area contributed by atoms with Crippen LogP contribution in [0.15, 0.2) is 66.7 Å². The molecule has 0 unspecified atom stereocenters. The Hall–Kier alpha value is -3.12. The molecule has 3 aromatic carbocycles. The lowest BCUT2D eigenvalue weighted by Gasteiger charge is -2.09. The first-order chi connectivity index (χ1) is 10.8. The molecule has 22 heavy (non-hydrogen) atoms. The predicted molar refractivity (Wildman–Crippen MR) is 85.5 cm³/mol. The summed E-state index contributed by atoms with van der Waals surface area (Å²) in [4.78, 5) is 0. The van der Waals surface area contributed by atoms with E-state index in [9.17, 15) is 4.39 Å². The zero-order valence-electron chi connectivity index (χ0n) is 11.6.